The van der Waals surface area contributed by atoms with Gasteiger partial charge >= 0.3 is 0 Å². The number of nitrogens with zero attached hydrogens (tertiary/aromatic N) is 1. The zero-order valence-corrected chi connectivity index (χ0v) is 7.03. The lowest BCUT2D eigenvalue weighted by Crippen LogP contribution is -2.20. The third kappa shape index (κ3) is 1.60. The van der Waals surface area contributed by atoms with Crippen molar-refractivity contribution in [2.24, 2.45) is 4.99 Å². The summed E-state index contributed by atoms with van der Waals surface area (Å²) in [6.07, 6.45) is 0.976. The molecule has 0 saturated heterocycles. The molecule has 0 atom stereocenters. The fourth-order valence-electron chi connectivity index (χ4n) is 1.15. The van der Waals surface area contributed by atoms with Gasteiger partial charge in [-0.1, -0.05) is 0 Å². The van der Waals surface area contributed by atoms with Gasteiger partial charge in [-0.2, -0.15) is 11.3 Å². The molecule has 0 unspecified atom stereocenters. The number of rotatable bonds is 2. The van der Waals surface area contributed by atoms with E-state index in [4.69, 9.17) is 0 Å². The van der Waals surface area contributed by atoms with Crippen molar-refractivity contribution in [3.8, 4) is 0 Å². The number of hydrogen-bond acceptors (Lipinski definition) is 3. The van der Waals surface area contributed by atoms with Gasteiger partial charge in [0.15, 0.2) is 0 Å². The first kappa shape index (κ1) is 6.85. The van der Waals surface area contributed by atoms with Gasteiger partial charge in [-0.3, -0.25) is 4.99 Å². The molecule has 0 amide bonds. The van der Waals surface area contributed by atoms with Crippen LogP contribution in [0.25, 0.3) is 0 Å². The number of hydrogen-bond donors (Lipinski definition) is 1. The predicted octanol–water partition coefficient (Wildman–Crippen LogP) is 1.29. The Morgan fingerprint density at radius 1 is 1.64 bits per heavy atom. The fourth-order valence-corrected chi connectivity index (χ4v) is 1.82. The quantitative estimate of drug-likeness (QED) is 0.703. The van der Waals surface area contributed by atoms with Crippen molar-refractivity contribution in [3.05, 3.63) is 22.4 Å². The molecule has 11 heavy (non-hydrogen) atoms. The van der Waals surface area contributed by atoms with Crippen molar-refractivity contribution in [1.82, 2.24) is 5.32 Å². The maximum atomic E-state index is 4.32. The normalized spacial score (nSPS) is 16.2. The zero-order chi connectivity index (χ0) is 7.52. The Balaban J connectivity index is 2.00. The molecule has 2 nitrogen and oxygen atoms in total. The van der Waals surface area contributed by atoms with E-state index in [2.05, 4.69) is 27.1 Å². The molecule has 0 fully saturated rings. The number of thiophene rings is 1. The van der Waals surface area contributed by atoms with Crippen molar-refractivity contribution < 1.29 is 0 Å². The van der Waals surface area contributed by atoms with E-state index in [1.54, 1.807) is 11.3 Å². The van der Waals surface area contributed by atoms with Crippen LogP contribution in [0.3, 0.4) is 0 Å². The van der Waals surface area contributed by atoms with E-state index in [-0.39, 0.29) is 0 Å². The van der Waals surface area contributed by atoms with Crippen molar-refractivity contribution in [2.75, 3.05) is 13.1 Å². The van der Waals surface area contributed by atoms with E-state index >= 15 is 0 Å². The van der Waals surface area contributed by atoms with Crippen LogP contribution in [0.4, 0.5) is 0 Å². The lowest BCUT2D eigenvalue weighted by molar-refractivity contribution is 0.953. The fraction of sp³-hybridized carbons (Fsp3) is 0.375. The summed E-state index contributed by atoms with van der Waals surface area (Å²) in [5, 5.41) is 7.52. The maximum Gasteiger partial charge on any atom is 0.101 e. The van der Waals surface area contributed by atoms with Gasteiger partial charge in [0.25, 0.3) is 0 Å². The molecule has 0 spiro atoms. The van der Waals surface area contributed by atoms with Gasteiger partial charge in [-0.25, -0.2) is 0 Å². The number of amidine groups is 1. The van der Waals surface area contributed by atoms with Crippen LogP contribution in [0, 0.1) is 0 Å². The summed E-state index contributed by atoms with van der Waals surface area (Å²) in [7, 11) is 0. The van der Waals surface area contributed by atoms with Gasteiger partial charge in [-0.15, -0.1) is 0 Å². The summed E-state index contributed by atoms with van der Waals surface area (Å²) < 4.78 is 0. The zero-order valence-electron chi connectivity index (χ0n) is 6.21. The molecule has 1 aromatic heterocycles. The van der Waals surface area contributed by atoms with E-state index in [0.29, 0.717) is 0 Å². The highest BCUT2D eigenvalue weighted by Crippen LogP contribution is 2.07. The molecule has 0 saturated carbocycles. The van der Waals surface area contributed by atoms with Crippen molar-refractivity contribution in [2.45, 2.75) is 6.42 Å². The molecule has 0 aromatic carbocycles. The van der Waals surface area contributed by atoms with E-state index in [1.165, 1.54) is 5.56 Å². The van der Waals surface area contributed by atoms with Crippen molar-refractivity contribution in [3.63, 3.8) is 0 Å². The molecule has 0 bridgehead atoms. The third-order valence-electron chi connectivity index (χ3n) is 1.70. The second kappa shape index (κ2) is 3.05. The first-order valence-electron chi connectivity index (χ1n) is 3.73. The summed E-state index contributed by atoms with van der Waals surface area (Å²) in [5.74, 6) is 1.14. The smallest absolute Gasteiger partial charge is 0.101 e. The average Bonchev–Trinajstić information content (AvgIpc) is 2.60. The van der Waals surface area contributed by atoms with Crippen LogP contribution >= 0.6 is 11.3 Å². The van der Waals surface area contributed by atoms with Crippen LogP contribution in [0.1, 0.15) is 5.56 Å². The average molecular weight is 166 g/mol. The molecule has 2 rings (SSSR count). The Morgan fingerprint density at radius 2 is 2.64 bits per heavy atom. The summed E-state index contributed by atoms with van der Waals surface area (Å²) >= 11 is 1.74. The summed E-state index contributed by atoms with van der Waals surface area (Å²) in [6.45, 7) is 1.96. The monoisotopic (exact) mass is 166 g/mol. The molecule has 2 heterocycles. The maximum absolute atomic E-state index is 4.32. The number of nitrogens with one attached hydrogen (secondary N) is 1. The van der Waals surface area contributed by atoms with Crippen LogP contribution in [0.2, 0.25) is 0 Å². The first-order valence-corrected chi connectivity index (χ1v) is 4.68. The second-order valence-corrected chi connectivity index (χ2v) is 3.34. The minimum atomic E-state index is 0.944. The summed E-state index contributed by atoms with van der Waals surface area (Å²) in [4.78, 5) is 4.32. The van der Waals surface area contributed by atoms with Gasteiger partial charge in [0.1, 0.15) is 5.84 Å². The van der Waals surface area contributed by atoms with Crippen LogP contribution in [-0.4, -0.2) is 18.9 Å². The molecular weight excluding hydrogens is 156 g/mol. The Kier molecular flexibility index (Phi) is 1.90. The van der Waals surface area contributed by atoms with E-state index < -0.39 is 0 Å². The van der Waals surface area contributed by atoms with E-state index in [9.17, 15) is 0 Å². The molecule has 3 heteroatoms. The highest BCUT2D eigenvalue weighted by Gasteiger charge is 2.04. The minimum absolute atomic E-state index is 0.944. The minimum Gasteiger partial charge on any atom is -0.372 e. The largest absolute Gasteiger partial charge is 0.372 e. The molecular formula is C8H10N2S. The standard InChI is InChI=1S/C8H10N2S/c1-4-11-6-7(1)5-8-9-2-3-10-8/h1,4,6H,2-3,5H2,(H,9,10). The molecule has 1 aromatic rings. The van der Waals surface area contributed by atoms with Gasteiger partial charge in [0.2, 0.25) is 0 Å². The van der Waals surface area contributed by atoms with Crippen LogP contribution in [-0.2, 0) is 6.42 Å². The topological polar surface area (TPSA) is 24.4 Å². The highest BCUT2D eigenvalue weighted by molar-refractivity contribution is 7.07. The molecule has 0 aliphatic carbocycles. The van der Waals surface area contributed by atoms with E-state index in [0.717, 1.165) is 25.3 Å². The Labute approximate surface area is 70.0 Å². The van der Waals surface area contributed by atoms with Gasteiger partial charge in [-0.05, 0) is 22.4 Å². The van der Waals surface area contributed by atoms with Gasteiger partial charge in [0.05, 0.1) is 6.54 Å². The summed E-state index contributed by atoms with van der Waals surface area (Å²) in [5.41, 5.74) is 1.36. The van der Waals surface area contributed by atoms with Crippen molar-refractivity contribution >= 4 is 17.2 Å². The third-order valence-corrected chi connectivity index (χ3v) is 2.43. The van der Waals surface area contributed by atoms with E-state index in [1.807, 2.05) is 0 Å². The predicted molar refractivity (Wildman–Crippen MR) is 48.3 cm³/mol. The number of aliphatic imine (C=N–C) groups is 1. The van der Waals surface area contributed by atoms with Crippen molar-refractivity contribution in [1.29, 1.82) is 0 Å². The van der Waals surface area contributed by atoms with Crippen LogP contribution in [0.5, 0.6) is 0 Å². The first-order chi connectivity index (χ1) is 5.45. The van der Waals surface area contributed by atoms with Gasteiger partial charge in [0, 0.05) is 13.0 Å². The van der Waals surface area contributed by atoms with Crippen LogP contribution < -0.4 is 5.32 Å². The SMILES string of the molecule is c1cc(CC2=NCCN2)cs1. The molecule has 1 aliphatic heterocycles. The lowest BCUT2D eigenvalue weighted by Gasteiger charge is -1.97. The lowest BCUT2D eigenvalue weighted by atomic mass is 10.2. The Morgan fingerprint density at radius 3 is 3.27 bits per heavy atom. The summed E-state index contributed by atoms with van der Waals surface area (Å²) in [6, 6.07) is 2.15. The molecule has 0 radical (unpaired) electrons. The Hall–Kier alpha value is -0.830. The highest BCUT2D eigenvalue weighted by atomic mass is 32.1. The second-order valence-electron chi connectivity index (χ2n) is 2.56. The Bertz CT molecular complexity index is 251. The molecule has 1 N–H and O–H groups in total. The van der Waals surface area contributed by atoms with Crippen LogP contribution in [0.15, 0.2) is 21.8 Å². The molecule has 1 aliphatic rings. The van der Waals surface area contributed by atoms with Gasteiger partial charge < -0.3 is 5.32 Å². The molecule has 58 valence electrons.